The molecule has 0 heterocycles. The van der Waals surface area contributed by atoms with Crippen molar-refractivity contribution in [1.82, 2.24) is 0 Å². The highest BCUT2D eigenvalue weighted by molar-refractivity contribution is 5.70. The van der Waals surface area contributed by atoms with Gasteiger partial charge in [-0.3, -0.25) is 4.79 Å². The fourth-order valence-electron chi connectivity index (χ4n) is 1.96. The second-order valence-corrected chi connectivity index (χ2v) is 6.13. The quantitative estimate of drug-likeness (QED) is 0.765. The fraction of sp³-hybridized carbons (Fsp3) is 0.562. The van der Waals surface area contributed by atoms with Crippen LogP contribution >= 0.6 is 0 Å². The molecule has 0 radical (unpaired) electrons. The highest BCUT2D eigenvalue weighted by atomic mass is 19.4. The van der Waals surface area contributed by atoms with Gasteiger partial charge in [0.15, 0.2) is 0 Å². The Bertz CT molecular complexity index is 473. The van der Waals surface area contributed by atoms with E-state index in [0.29, 0.717) is 12.2 Å². The summed E-state index contributed by atoms with van der Waals surface area (Å²) in [6.07, 6.45) is -6.47. The van der Waals surface area contributed by atoms with Crippen LogP contribution in [0.5, 0.6) is 5.75 Å². The molecule has 1 aromatic carbocycles. The van der Waals surface area contributed by atoms with Crippen LogP contribution < -0.4 is 4.74 Å². The highest BCUT2D eigenvalue weighted by Gasteiger charge is 2.49. The van der Waals surface area contributed by atoms with E-state index in [1.165, 1.54) is 27.9 Å². The largest absolute Gasteiger partial charge is 0.497 e. The summed E-state index contributed by atoms with van der Waals surface area (Å²) in [4.78, 5) is 11.7. The van der Waals surface area contributed by atoms with Crippen molar-refractivity contribution in [3.8, 4) is 5.75 Å². The van der Waals surface area contributed by atoms with E-state index in [9.17, 15) is 18.0 Å². The SMILES string of the molecule is COc1ccc(CCC(=O)O[C@H](C(C)(C)C)C(F)(F)F)cc1. The smallest absolute Gasteiger partial charge is 0.426 e. The van der Waals surface area contributed by atoms with Crippen molar-refractivity contribution in [2.24, 2.45) is 5.41 Å². The number of aryl methyl sites for hydroxylation is 1. The van der Waals surface area contributed by atoms with Gasteiger partial charge >= 0.3 is 12.1 Å². The third kappa shape index (κ3) is 5.58. The summed E-state index contributed by atoms with van der Waals surface area (Å²) in [5, 5.41) is 0. The topological polar surface area (TPSA) is 35.5 Å². The molecule has 1 aromatic rings. The Morgan fingerprint density at radius 3 is 2.09 bits per heavy atom. The number of hydrogen-bond acceptors (Lipinski definition) is 3. The molecule has 1 rings (SSSR count). The summed E-state index contributed by atoms with van der Waals surface area (Å²) >= 11 is 0. The lowest BCUT2D eigenvalue weighted by Crippen LogP contribution is -2.43. The molecule has 1 atom stereocenters. The van der Waals surface area contributed by atoms with Crippen molar-refractivity contribution in [3.05, 3.63) is 29.8 Å². The van der Waals surface area contributed by atoms with E-state index in [0.717, 1.165) is 5.56 Å². The first-order chi connectivity index (χ1) is 10.0. The van der Waals surface area contributed by atoms with Crippen LogP contribution in [0.2, 0.25) is 0 Å². The standard InChI is InChI=1S/C16H21F3O3/c1-15(2,3)14(16(17,18)19)22-13(20)10-7-11-5-8-12(21-4)9-6-11/h5-6,8-9,14H,7,10H2,1-4H3/t14-/m1/s1. The summed E-state index contributed by atoms with van der Waals surface area (Å²) in [5.74, 6) is -0.177. The third-order valence-electron chi connectivity index (χ3n) is 3.11. The minimum Gasteiger partial charge on any atom is -0.497 e. The van der Waals surface area contributed by atoms with Gasteiger partial charge in [-0.25, -0.2) is 0 Å². The molecule has 0 N–H and O–H groups in total. The van der Waals surface area contributed by atoms with Crippen molar-refractivity contribution >= 4 is 5.97 Å². The molecule has 0 unspecified atom stereocenters. The second-order valence-electron chi connectivity index (χ2n) is 6.13. The second kappa shape index (κ2) is 7.03. The number of benzene rings is 1. The molecule has 0 bridgehead atoms. The van der Waals surface area contributed by atoms with Crippen LogP contribution in [0, 0.1) is 5.41 Å². The molecular formula is C16H21F3O3. The van der Waals surface area contributed by atoms with Gasteiger partial charge in [0.05, 0.1) is 7.11 Å². The van der Waals surface area contributed by atoms with Crippen LogP contribution in [-0.4, -0.2) is 25.4 Å². The van der Waals surface area contributed by atoms with Crippen molar-refractivity contribution in [1.29, 1.82) is 0 Å². The molecule has 22 heavy (non-hydrogen) atoms. The molecule has 6 heteroatoms. The molecule has 0 aliphatic rings. The van der Waals surface area contributed by atoms with E-state index in [4.69, 9.17) is 4.74 Å². The third-order valence-corrected chi connectivity index (χ3v) is 3.11. The number of ether oxygens (including phenoxy) is 2. The zero-order chi connectivity index (χ0) is 17.0. The summed E-state index contributed by atoms with van der Waals surface area (Å²) in [7, 11) is 1.54. The monoisotopic (exact) mass is 318 g/mol. The number of rotatable bonds is 5. The molecule has 0 aliphatic heterocycles. The van der Waals surface area contributed by atoms with Crippen LogP contribution in [0.4, 0.5) is 13.2 Å². The van der Waals surface area contributed by atoms with Gasteiger partial charge in [-0.15, -0.1) is 0 Å². The van der Waals surface area contributed by atoms with E-state index >= 15 is 0 Å². The van der Waals surface area contributed by atoms with Crippen LogP contribution in [0.1, 0.15) is 32.8 Å². The van der Waals surface area contributed by atoms with Gasteiger partial charge in [0.25, 0.3) is 0 Å². The predicted molar refractivity (Wildman–Crippen MR) is 76.7 cm³/mol. The van der Waals surface area contributed by atoms with E-state index < -0.39 is 23.7 Å². The average Bonchev–Trinajstić information content (AvgIpc) is 2.40. The van der Waals surface area contributed by atoms with Crippen LogP contribution in [0.3, 0.4) is 0 Å². The van der Waals surface area contributed by atoms with Crippen LogP contribution in [0.15, 0.2) is 24.3 Å². The molecule has 0 saturated heterocycles. The van der Waals surface area contributed by atoms with Gasteiger partial charge in [0, 0.05) is 11.8 Å². The van der Waals surface area contributed by atoms with E-state index in [2.05, 4.69) is 4.74 Å². The predicted octanol–water partition coefficient (Wildman–Crippen LogP) is 4.15. The first-order valence-corrected chi connectivity index (χ1v) is 6.93. The zero-order valence-corrected chi connectivity index (χ0v) is 13.2. The molecule has 0 aliphatic carbocycles. The highest BCUT2D eigenvalue weighted by Crippen LogP contribution is 2.36. The molecule has 0 amide bonds. The Morgan fingerprint density at radius 1 is 1.14 bits per heavy atom. The van der Waals surface area contributed by atoms with E-state index in [1.807, 2.05) is 0 Å². The van der Waals surface area contributed by atoms with Crippen molar-refractivity contribution in [3.63, 3.8) is 0 Å². The van der Waals surface area contributed by atoms with Crippen molar-refractivity contribution in [2.45, 2.75) is 45.9 Å². The number of alkyl halides is 3. The molecule has 124 valence electrons. The Balaban J connectivity index is 2.60. The van der Waals surface area contributed by atoms with Crippen molar-refractivity contribution in [2.75, 3.05) is 7.11 Å². The number of carbonyl (C=O) groups is 1. The zero-order valence-electron chi connectivity index (χ0n) is 13.2. The minimum atomic E-state index is -4.58. The number of esters is 1. The number of hydrogen-bond donors (Lipinski definition) is 0. The Labute approximate surface area is 128 Å². The van der Waals surface area contributed by atoms with E-state index in [1.54, 1.807) is 24.3 Å². The molecule has 0 aromatic heterocycles. The number of halogens is 3. The number of methoxy groups -OCH3 is 1. The lowest BCUT2D eigenvalue weighted by Gasteiger charge is -2.31. The average molecular weight is 318 g/mol. The molecule has 0 spiro atoms. The maximum absolute atomic E-state index is 12.9. The minimum absolute atomic E-state index is 0.102. The molecule has 3 nitrogen and oxygen atoms in total. The maximum atomic E-state index is 12.9. The number of carbonyl (C=O) groups excluding carboxylic acids is 1. The summed E-state index contributed by atoms with van der Waals surface area (Å²) < 4.78 is 48.5. The lowest BCUT2D eigenvalue weighted by molar-refractivity contribution is -0.244. The molecular weight excluding hydrogens is 297 g/mol. The summed E-state index contributed by atoms with van der Waals surface area (Å²) in [6.45, 7) is 4.17. The molecule has 0 saturated carbocycles. The van der Waals surface area contributed by atoms with Gasteiger partial charge in [-0.1, -0.05) is 32.9 Å². The fourth-order valence-corrected chi connectivity index (χ4v) is 1.96. The maximum Gasteiger partial charge on any atom is 0.426 e. The summed E-state index contributed by atoms with van der Waals surface area (Å²) in [6, 6.07) is 6.98. The molecule has 0 fully saturated rings. The van der Waals surface area contributed by atoms with Gasteiger partial charge in [-0.2, -0.15) is 13.2 Å². The summed E-state index contributed by atoms with van der Waals surface area (Å²) in [5.41, 5.74) is -0.370. The van der Waals surface area contributed by atoms with Crippen molar-refractivity contribution < 1.29 is 27.4 Å². The Hall–Kier alpha value is -1.72. The van der Waals surface area contributed by atoms with Crippen LogP contribution in [-0.2, 0) is 16.0 Å². The van der Waals surface area contributed by atoms with Crippen LogP contribution in [0.25, 0.3) is 0 Å². The Kier molecular flexibility index (Phi) is 5.85. The van der Waals surface area contributed by atoms with Gasteiger partial charge in [-0.05, 0) is 24.1 Å². The van der Waals surface area contributed by atoms with Gasteiger partial charge < -0.3 is 9.47 Å². The first kappa shape index (κ1) is 18.3. The lowest BCUT2D eigenvalue weighted by atomic mass is 9.88. The van der Waals surface area contributed by atoms with E-state index in [-0.39, 0.29) is 6.42 Å². The Morgan fingerprint density at radius 2 is 1.68 bits per heavy atom. The first-order valence-electron chi connectivity index (χ1n) is 6.93. The van der Waals surface area contributed by atoms with Gasteiger partial charge in [0.2, 0.25) is 6.10 Å². The van der Waals surface area contributed by atoms with Gasteiger partial charge in [0.1, 0.15) is 5.75 Å². The normalized spacial score (nSPS) is 13.6.